The first-order valence-corrected chi connectivity index (χ1v) is 6.56. The van der Waals surface area contributed by atoms with Crippen LogP contribution in [0.25, 0.3) is 0 Å². The number of hydrogen-bond donors (Lipinski definition) is 1. The Morgan fingerprint density at radius 2 is 1.84 bits per heavy atom. The van der Waals surface area contributed by atoms with Crippen molar-refractivity contribution in [2.75, 3.05) is 6.54 Å². The lowest BCUT2D eigenvalue weighted by molar-refractivity contribution is -0.384. The van der Waals surface area contributed by atoms with Gasteiger partial charge in [0, 0.05) is 18.7 Å². The van der Waals surface area contributed by atoms with Gasteiger partial charge >= 0.3 is 0 Å². The topological polar surface area (TPSA) is 72.2 Å². The number of carbonyl (C=O) groups is 1. The minimum Gasteiger partial charge on any atom is -0.356 e. The third-order valence-electron chi connectivity index (χ3n) is 3.25. The van der Waals surface area contributed by atoms with Crippen LogP contribution in [0.4, 0.5) is 5.69 Å². The maximum atomic E-state index is 11.7. The van der Waals surface area contributed by atoms with Gasteiger partial charge in [-0.25, -0.2) is 0 Å². The molecule has 0 saturated carbocycles. The summed E-state index contributed by atoms with van der Waals surface area (Å²) in [5.41, 5.74) is 0.828. The minimum absolute atomic E-state index is 0.0410. The third kappa shape index (κ3) is 5.07. The molecule has 19 heavy (non-hydrogen) atoms. The fourth-order valence-electron chi connectivity index (χ4n) is 1.82. The lowest BCUT2D eigenvalue weighted by atomic mass is 10.0. The molecule has 0 fully saturated rings. The molecule has 0 saturated heterocycles. The van der Waals surface area contributed by atoms with Crippen molar-refractivity contribution in [1.29, 1.82) is 0 Å². The lowest BCUT2D eigenvalue weighted by Gasteiger charge is -2.13. The number of nitrogens with zero attached hydrogens (tertiary/aromatic N) is 1. The molecule has 1 amide bonds. The van der Waals surface area contributed by atoms with E-state index in [9.17, 15) is 14.9 Å². The number of nitro groups is 1. The molecule has 0 aliphatic carbocycles. The first-order chi connectivity index (χ1) is 9.06. The van der Waals surface area contributed by atoms with Crippen LogP contribution in [-0.2, 0) is 11.2 Å². The minimum atomic E-state index is -0.447. The summed E-state index contributed by atoms with van der Waals surface area (Å²) in [6.07, 6.45) is 2.36. The van der Waals surface area contributed by atoms with Gasteiger partial charge < -0.3 is 5.32 Å². The first-order valence-electron chi connectivity index (χ1n) is 6.56. The molecule has 5 nitrogen and oxygen atoms in total. The van der Waals surface area contributed by atoms with Crippen molar-refractivity contribution in [3.05, 3.63) is 39.9 Å². The third-order valence-corrected chi connectivity index (χ3v) is 3.25. The van der Waals surface area contributed by atoms with Crippen molar-refractivity contribution in [2.45, 2.75) is 33.1 Å². The van der Waals surface area contributed by atoms with Crippen LogP contribution >= 0.6 is 0 Å². The highest BCUT2D eigenvalue weighted by molar-refractivity contribution is 5.78. The summed E-state index contributed by atoms with van der Waals surface area (Å²) in [5.74, 6) is 0.474. The molecule has 0 bridgehead atoms. The van der Waals surface area contributed by atoms with Crippen molar-refractivity contribution in [2.24, 2.45) is 5.92 Å². The van der Waals surface area contributed by atoms with Gasteiger partial charge in [-0.1, -0.05) is 38.8 Å². The number of benzene rings is 1. The number of carbonyl (C=O) groups excluding carboxylic acids is 1. The van der Waals surface area contributed by atoms with Crippen molar-refractivity contribution >= 4 is 11.6 Å². The van der Waals surface area contributed by atoms with Crippen LogP contribution in [0.15, 0.2) is 24.3 Å². The molecule has 5 heteroatoms. The van der Waals surface area contributed by atoms with Gasteiger partial charge in [0.05, 0.1) is 11.3 Å². The Morgan fingerprint density at radius 3 is 2.32 bits per heavy atom. The van der Waals surface area contributed by atoms with E-state index < -0.39 is 4.92 Å². The van der Waals surface area contributed by atoms with Crippen molar-refractivity contribution in [3.63, 3.8) is 0 Å². The highest BCUT2D eigenvalue weighted by atomic mass is 16.6. The Morgan fingerprint density at radius 1 is 1.26 bits per heavy atom. The van der Waals surface area contributed by atoms with Crippen LogP contribution in [0, 0.1) is 16.0 Å². The van der Waals surface area contributed by atoms with Gasteiger partial charge in [-0.05, 0) is 11.5 Å². The second kappa shape index (κ2) is 7.51. The number of nitrogens with one attached hydrogen (secondary N) is 1. The van der Waals surface area contributed by atoms with E-state index in [2.05, 4.69) is 19.2 Å². The van der Waals surface area contributed by atoms with E-state index in [-0.39, 0.29) is 18.0 Å². The zero-order valence-electron chi connectivity index (χ0n) is 11.4. The number of amides is 1. The molecule has 0 heterocycles. The zero-order chi connectivity index (χ0) is 14.3. The van der Waals surface area contributed by atoms with Gasteiger partial charge in [-0.2, -0.15) is 0 Å². The van der Waals surface area contributed by atoms with Crippen LogP contribution in [0.1, 0.15) is 32.3 Å². The summed E-state index contributed by atoms with van der Waals surface area (Å²) in [6, 6.07) is 6.08. The number of nitro benzene ring substituents is 1. The average Bonchev–Trinajstić information content (AvgIpc) is 2.40. The summed E-state index contributed by atoms with van der Waals surface area (Å²) < 4.78 is 0. The molecular formula is C14H20N2O3. The average molecular weight is 264 g/mol. The van der Waals surface area contributed by atoms with Gasteiger partial charge in [0.25, 0.3) is 5.69 Å². The predicted molar refractivity (Wildman–Crippen MR) is 73.9 cm³/mol. The molecule has 1 N–H and O–H groups in total. The number of rotatable bonds is 7. The van der Waals surface area contributed by atoms with Gasteiger partial charge in [0.1, 0.15) is 0 Å². The Labute approximate surface area is 113 Å². The van der Waals surface area contributed by atoms with Crippen LogP contribution in [-0.4, -0.2) is 17.4 Å². The molecule has 0 aliphatic heterocycles. The second-order valence-corrected chi connectivity index (χ2v) is 4.59. The Bertz CT molecular complexity index is 425. The standard InChI is InChI=1S/C14H20N2O3/c1-3-11(4-2)10-15-14(17)9-12-5-7-13(8-6-12)16(18)19/h5-8,11H,3-4,9-10H2,1-2H3,(H,15,17). The van der Waals surface area contributed by atoms with E-state index >= 15 is 0 Å². The Hall–Kier alpha value is -1.91. The molecule has 0 spiro atoms. The summed E-state index contributed by atoms with van der Waals surface area (Å²) in [6.45, 7) is 4.91. The Balaban J connectivity index is 2.46. The number of non-ortho nitro benzene ring substituents is 1. The highest BCUT2D eigenvalue weighted by Crippen LogP contribution is 2.12. The molecule has 0 unspecified atom stereocenters. The predicted octanol–water partition coefficient (Wildman–Crippen LogP) is 2.69. The largest absolute Gasteiger partial charge is 0.356 e. The summed E-state index contributed by atoms with van der Waals surface area (Å²) in [5, 5.41) is 13.4. The van der Waals surface area contributed by atoms with Gasteiger partial charge in [-0.3, -0.25) is 14.9 Å². The first kappa shape index (κ1) is 15.1. The van der Waals surface area contributed by atoms with E-state index in [1.54, 1.807) is 12.1 Å². The monoisotopic (exact) mass is 264 g/mol. The molecule has 104 valence electrons. The lowest BCUT2D eigenvalue weighted by Crippen LogP contribution is -2.30. The maximum Gasteiger partial charge on any atom is 0.269 e. The molecular weight excluding hydrogens is 244 g/mol. The molecule has 0 atom stereocenters. The molecule has 0 radical (unpaired) electrons. The molecule has 0 aliphatic rings. The van der Waals surface area contributed by atoms with Crippen LogP contribution < -0.4 is 5.32 Å². The quantitative estimate of drug-likeness (QED) is 0.608. The van der Waals surface area contributed by atoms with Crippen molar-refractivity contribution in [1.82, 2.24) is 5.32 Å². The maximum absolute atomic E-state index is 11.7. The second-order valence-electron chi connectivity index (χ2n) is 4.59. The Kier molecular flexibility index (Phi) is 5.99. The van der Waals surface area contributed by atoms with Gasteiger partial charge in [0.2, 0.25) is 5.91 Å². The zero-order valence-corrected chi connectivity index (χ0v) is 11.4. The van der Waals surface area contributed by atoms with E-state index in [1.807, 2.05) is 0 Å². The fraction of sp³-hybridized carbons (Fsp3) is 0.500. The molecule has 1 aromatic rings. The molecule has 0 aromatic heterocycles. The van der Waals surface area contributed by atoms with E-state index in [0.29, 0.717) is 12.5 Å². The van der Waals surface area contributed by atoms with Gasteiger partial charge in [0.15, 0.2) is 0 Å². The van der Waals surface area contributed by atoms with E-state index in [0.717, 1.165) is 18.4 Å². The van der Waals surface area contributed by atoms with Crippen LogP contribution in [0.2, 0.25) is 0 Å². The highest BCUT2D eigenvalue weighted by Gasteiger charge is 2.09. The van der Waals surface area contributed by atoms with E-state index in [1.165, 1.54) is 12.1 Å². The smallest absolute Gasteiger partial charge is 0.269 e. The molecule has 1 aromatic carbocycles. The van der Waals surface area contributed by atoms with E-state index in [4.69, 9.17) is 0 Å². The summed E-state index contributed by atoms with van der Waals surface area (Å²) in [4.78, 5) is 21.8. The van der Waals surface area contributed by atoms with Gasteiger partial charge in [-0.15, -0.1) is 0 Å². The SMILES string of the molecule is CCC(CC)CNC(=O)Cc1ccc([N+](=O)[O-])cc1. The normalized spacial score (nSPS) is 10.5. The summed E-state index contributed by atoms with van der Waals surface area (Å²) >= 11 is 0. The van der Waals surface area contributed by atoms with Crippen LogP contribution in [0.5, 0.6) is 0 Å². The fourth-order valence-corrected chi connectivity index (χ4v) is 1.82. The summed E-state index contributed by atoms with van der Waals surface area (Å²) in [7, 11) is 0. The van der Waals surface area contributed by atoms with Crippen LogP contribution in [0.3, 0.4) is 0 Å². The van der Waals surface area contributed by atoms with Crippen molar-refractivity contribution < 1.29 is 9.72 Å². The number of hydrogen-bond acceptors (Lipinski definition) is 3. The molecule has 1 rings (SSSR count). The van der Waals surface area contributed by atoms with Crippen molar-refractivity contribution in [3.8, 4) is 0 Å².